The minimum Gasteiger partial charge on any atom is -0.322 e. The van der Waals surface area contributed by atoms with Crippen LogP contribution >= 0.6 is 11.6 Å². The summed E-state index contributed by atoms with van der Waals surface area (Å²) in [5, 5.41) is 3.19. The first kappa shape index (κ1) is 13.6. The van der Waals surface area contributed by atoms with Crippen molar-refractivity contribution >= 4 is 23.2 Å². The first-order valence-electron chi connectivity index (χ1n) is 5.98. The second-order valence-electron chi connectivity index (χ2n) is 4.60. The van der Waals surface area contributed by atoms with Gasteiger partial charge in [0.25, 0.3) is 5.91 Å². The highest BCUT2D eigenvalue weighted by Gasteiger charge is 2.13. The average molecular weight is 275 g/mol. The van der Waals surface area contributed by atoms with Crippen LogP contribution in [0.5, 0.6) is 0 Å². The lowest BCUT2D eigenvalue weighted by Gasteiger charge is -2.11. The second kappa shape index (κ2) is 5.41. The van der Waals surface area contributed by atoms with Gasteiger partial charge >= 0.3 is 0 Å². The largest absolute Gasteiger partial charge is 0.322 e. The number of hydrogen-bond acceptors (Lipinski definition) is 2. The van der Waals surface area contributed by atoms with Crippen molar-refractivity contribution in [2.24, 2.45) is 0 Å². The maximum Gasteiger partial charge on any atom is 0.256 e. The Balaban J connectivity index is 2.31. The Labute approximate surface area is 117 Å². The molecule has 1 heterocycles. The summed E-state index contributed by atoms with van der Waals surface area (Å²) in [4.78, 5) is 16.2. The molecule has 2 rings (SSSR count). The Kier molecular flexibility index (Phi) is 3.86. The fourth-order valence-electron chi connectivity index (χ4n) is 2.21. The summed E-state index contributed by atoms with van der Waals surface area (Å²) in [5.41, 5.74) is 4.44. The molecule has 0 saturated heterocycles. The number of benzene rings is 1. The number of carbonyl (C=O) groups is 1. The average Bonchev–Trinajstić information content (AvgIpc) is 2.27. The van der Waals surface area contributed by atoms with Gasteiger partial charge in [-0.25, -0.2) is 4.98 Å². The highest BCUT2D eigenvalue weighted by atomic mass is 35.5. The van der Waals surface area contributed by atoms with Gasteiger partial charge in [-0.15, -0.1) is 0 Å². The number of aromatic nitrogens is 1. The van der Waals surface area contributed by atoms with Gasteiger partial charge in [-0.3, -0.25) is 4.79 Å². The molecular formula is C15H15ClN2O. The topological polar surface area (TPSA) is 42.0 Å². The SMILES string of the molecule is Cc1cc(C)c(C(=O)Nc2ccnc(Cl)c2)c(C)c1. The molecule has 0 bridgehead atoms. The van der Waals surface area contributed by atoms with E-state index in [0.717, 1.165) is 16.7 Å². The van der Waals surface area contributed by atoms with Gasteiger partial charge in [-0.2, -0.15) is 0 Å². The van der Waals surface area contributed by atoms with Gasteiger partial charge in [0, 0.05) is 17.4 Å². The summed E-state index contributed by atoms with van der Waals surface area (Å²) in [6.07, 6.45) is 1.56. The van der Waals surface area contributed by atoms with Gasteiger partial charge in [-0.05, 0) is 44.0 Å². The standard InChI is InChI=1S/C15H15ClN2O/c1-9-6-10(2)14(11(3)7-9)15(19)18-12-4-5-17-13(16)8-12/h4-8H,1-3H3,(H,17,18,19). The van der Waals surface area contributed by atoms with E-state index in [1.54, 1.807) is 18.3 Å². The Morgan fingerprint density at radius 3 is 2.37 bits per heavy atom. The van der Waals surface area contributed by atoms with Crippen LogP contribution in [0.2, 0.25) is 5.15 Å². The van der Waals surface area contributed by atoms with Crippen molar-refractivity contribution in [2.45, 2.75) is 20.8 Å². The fourth-order valence-corrected chi connectivity index (χ4v) is 2.39. The lowest BCUT2D eigenvalue weighted by Crippen LogP contribution is -2.15. The number of amides is 1. The smallest absolute Gasteiger partial charge is 0.256 e. The van der Waals surface area contributed by atoms with Gasteiger partial charge in [-0.1, -0.05) is 29.3 Å². The molecule has 0 saturated carbocycles. The predicted octanol–water partition coefficient (Wildman–Crippen LogP) is 3.91. The van der Waals surface area contributed by atoms with Crippen molar-refractivity contribution in [3.05, 3.63) is 57.9 Å². The Hall–Kier alpha value is -1.87. The van der Waals surface area contributed by atoms with Crippen LogP contribution in [0.1, 0.15) is 27.0 Å². The molecule has 0 fully saturated rings. The molecule has 3 nitrogen and oxygen atoms in total. The van der Waals surface area contributed by atoms with Crippen LogP contribution in [-0.4, -0.2) is 10.9 Å². The maximum atomic E-state index is 12.3. The zero-order chi connectivity index (χ0) is 14.0. The third-order valence-electron chi connectivity index (χ3n) is 2.89. The predicted molar refractivity (Wildman–Crippen MR) is 77.9 cm³/mol. The first-order chi connectivity index (χ1) is 8.97. The normalized spacial score (nSPS) is 10.3. The van der Waals surface area contributed by atoms with Gasteiger partial charge in [0.05, 0.1) is 0 Å². The third-order valence-corrected chi connectivity index (χ3v) is 3.10. The number of carbonyl (C=O) groups excluding carboxylic acids is 1. The Morgan fingerprint density at radius 2 is 1.79 bits per heavy atom. The second-order valence-corrected chi connectivity index (χ2v) is 4.98. The van der Waals surface area contributed by atoms with Crippen LogP contribution in [0.4, 0.5) is 5.69 Å². The van der Waals surface area contributed by atoms with E-state index >= 15 is 0 Å². The highest BCUT2D eigenvalue weighted by Crippen LogP contribution is 2.19. The van der Waals surface area contributed by atoms with E-state index in [-0.39, 0.29) is 5.91 Å². The molecule has 0 aliphatic heterocycles. The Bertz CT molecular complexity index is 615. The van der Waals surface area contributed by atoms with Gasteiger partial charge in [0.15, 0.2) is 0 Å². The molecule has 19 heavy (non-hydrogen) atoms. The number of pyridine rings is 1. The minimum atomic E-state index is -0.128. The minimum absolute atomic E-state index is 0.128. The quantitative estimate of drug-likeness (QED) is 0.844. The molecule has 1 N–H and O–H groups in total. The molecule has 0 spiro atoms. The van der Waals surface area contributed by atoms with Crippen LogP contribution in [-0.2, 0) is 0 Å². The number of hydrogen-bond donors (Lipinski definition) is 1. The van der Waals surface area contributed by atoms with Crippen LogP contribution < -0.4 is 5.32 Å². The molecule has 4 heteroatoms. The molecule has 1 aromatic heterocycles. The van der Waals surface area contributed by atoms with Crippen molar-refractivity contribution in [1.29, 1.82) is 0 Å². The van der Waals surface area contributed by atoms with E-state index in [2.05, 4.69) is 10.3 Å². The van der Waals surface area contributed by atoms with E-state index in [1.807, 2.05) is 32.9 Å². The molecule has 0 aliphatic rings. The van der Waals surface area contributed by atoms with Gasteiger partial charge in [0.2, 0.25) is 0 Å². The number of nitrogens with zero attached hydrogens (tertiary/aromatic N) is 1. The molecule has 0 atom stereocenters. The van der Waals surface area contributed by atoms with Crippen LogP contribution in [0.25, 0.3) is 0 Å². The van der Waals surface area contributed by atoms with Crippen molar-refractivity contribution in [2.75, 3.05) is 5.32 Å². The maximum absolute atomic E-state index is 12.3. The van der Waals surface area contributed by atoms with Crippen molar-refractivity contribution in [3.8, 4) is 0 Å². The molecule has 0 unspecified atom stereocenters. The molecule has 0 radical (unpaired) electrons. The number of halogens is 1. The number of rotatable bonds is 2. The molecule has 2 aromatic rings. The van der Waals surface area contributed by atoms with Crippen molar-refractivity contribution in [3.63, 3.8) is 0 Å². The zero-order valence-electron chi connectivity index (χ0n) is 11.1. The van der Waals surface area contributed by atoms with E-state index in [0.29, 0.717) is 16.4 Å². The summed E-state index contributed by atoms with van der Waals surface area (Å²) in [5.74, 6) is -0.128. The van der Waals surface area contributed by atoms with Crippen molar-refractivity contribution in [1.82, 2.24) is 4.98 Å². The van der Waals surface area contributed by atoms with E-state index in [1.165, 1.54) is 0 Å². The summed E-state index contributed by atoms with van der Waals surface area (Å²) < 4.78 is 0. The molecule has 1 amide bonds. The monoisotopic (exact) mass is 274 g/mol. The molecule has 0 aliphatic carbocycles. The summed E-state index contributed by atoms with van der Waals surface area (Å²) in [6, 6.07) is 7.34. The van der Waals surface area contributed by atoms with Gasteiger partial charge < -0.3 is 5.32 Å². The summed E-state index contributed by atoms with van der Waals surface area (Å²) >= 11 is 5.80. The molecular weight excluding hydrogens is 260 g/mol. The lowest BCUT2D eigenvalue weighted by molar-refractivity contribution is 0.102. The van der Waals surface area contributed by atoms with Crippen LogP contribution in [0.15, 0.2) is 30.5 Å². The lowest BCUT2D eigenvalue weighted by atomic mass is 9.99. The zero-order valence-corrected chi connectivity index (χ0v) is 11.9. The van der Waals surface area contributed by atoms with E-state index < -0.39 is 0 Å². The third kappa shape index (κ3) is 3.12. The molecule has 1 aromatic carbocycles. The summed E-state index contributed by atoms with van der Waals surface area (Å²) in [7, 11) is 0. The van der Waals surface area contributed by atoms with Crippen LogP contribution in [0, 0.1) is 20.8 Å². The van der Waals surface area contributed by atoms with E-state index in [4.69, 9.17) is 11.6 Å². The molecule has 98 valence electrons. The van der Waals surface area contributed by atoms with Crippen LogP contribution in [0.3, 0.4) is 0 Å². The van der Waals surface area contributed by atoms with Crippen molar-refractivity contribution < 1.29 is 4.79 Å². The fraction of sp³-hybridized carbons (Fsp3) is 0.200. The summed E-state index contributed by atoms with van der Waals surface area (Å²) in [6.45, 7) is 5.90. The number of aryl methyl sites for hydroxylation is 3. The van der Waals surface area contributed by atoms with E-state index in [9.17, 15) is 4.79 Å². The number of anilines is 1. The first-order valence-corrected chi connectivity index (χ1v) is 6.36. The number of nitrogens with one attached hydrogen (secondary N) is 1. The Morgan fingerprint density at radius 1 is 1.16 bits per heavy atom. The van der Waals surface area contributed by atoms with Gasteiger partial charge in [0.1, 0.15) is 5.15 Å². The highest BCUT2D eigenvalue weighted by molar-refractivity contribution is 6.29.